The molecule has 0 spiro atoms. The number of nitrogens with one attached hydrogen (secondary N) is 1. The number of carboxylic acids is 1. The third kappa shape index (κ3) is 5.49. The van der Waals surface area contributed by atoms with Gasteiger partial charge in [-0.3, -0.25) is 4.79 Å². The largest absolute Gasteiger partial charge is 0.480 e. The maximum absolute atomic E-state index is 12.0. The van der Waals surface area contributed by atoms with Gasteiger partial charge in [0, 0.05) is 6.42 Å². The van der Waals surface area contributed by atoms with Crippen LogP contribution >= 0.6 is 0 Å². The summed E-state index contributed by atoms with van der Waals surface area (Å²) in [6.45, 7) is 8.43. The number of carboxylic acid groups (broad SMARTS) is 1. The second-order valence-corrected chi connectivity index (χ2v) is 5.76. The lowest BCUT2D eigenvalue weighted by Crippen LogP contribution is -2.53. The first-order chi connectivity index (χ1) is 9.32. The Morgan fingerprint density at radius 3 is 2.10 bits per heavy atom. The van der Waals surface area contributed by atoms with Crippen LogP contribution < -0.4 is 11.1 Å². The first-order valence-electron chi connectivity index (χ1n) is 7.57. The van der Waals surface area contributed by atoms with Crippen LogP contribution in [0, 0.1) is 11.8 Å². The molecule has 0 radical (unpaired) electrons. The normalized spacial score (nSPS) is 13.3. The van der Waals surface area contributed by atoms with Gasteiger partial charge >= 0.3 is 5.97 Å². The fraction of sp³-hybridized carbons (Fsp3) is 0.867. The summed E-state index contributed by atoms with van der Waals surface area (Å²) in [5, 5.41) is 12.0. The number of rotatable bonds is 10. The molecule has 0 aromatic heterocycles. The van der Waals surface area contributed by atoms with Crippen LogP contribution in [0.2, 0.25) is 0 Å². The Bertz CT molecular complexity index is 312. The highest BCUT2D eigenvalue weighted by atomic mass is 16.4. The molecule has 5 nitrogen and oxygen atoms in total. The average molecular weight is 286 g/mol. The summed E-state index contributed by atoms with van der Waals surface area (Å²) in [5.41, 5.74) is 4.45. The first-order valence-corrected chi connectivity index (χ1v) is 7.57. The predicted octanol–water partition coefficient (Wildman–Crippen LogP) is 2.15. The van der Waals surface area contributed by atoms with Crippen molar-refractivity contribution in [3.63, 3.8) is 0 Å². The van der Waals surface area contributed by atoms with Gasteiger partial charge in [0.25, 0.3) is 0 Å². The van der Waals surface area contributed by atoms with Gasteiger partial charge in [-0.1, -0.05) is 27.7 Å². The monoisotopic (exact) mass is 286 g/mol. The van der Waals surface area contributed by atoms with E-state index >= 15 is 0 Å². The summed E-state index contributed by atoms with van der Waals surface area (Å²) < 4.78 is 0. The summed E-state index contributed by atoms with van der Waals surface area (Å²) in [4.78, 5) is 23.3. The van der Waals surface area contributed by atoms with Crippen LogP contribution in [0.25, 0.3) is 0 Å². The molecule has 4 N–H and O–H groups in total. The molecule has 5 heteroatoms. The van der Waals surface area contributed by atoms with E-state index in [0.29, 0.717) is 37.6 Å². The second kappa shape index (κ2) is 8.95. The Labute approximate surface area is 122 Å². The van der Waals surface area contributed by atoms with E-state index in [2.05, 4.69) is 19.2 Å². The Morgan fingerprint density at radius 1 is 1.20 bits per heavy atom. The molecule has 0 rings (SSSR count). The maximum Gasteiger partial charge on any atom is 0.329 e. The van der Waals surface area contributed by atoms with Crippen LogP contribution in [0.3, 0.4) is 0 Å². The Morgan fingerprint density at radius 2 is 1.75 bits per heavy atom. The fourth-order valence-corrected chi connectivity index (χ4v) is 2.45. The van der Waals surface area contributed by atoms with E-state index in [0.717, 1.165) is 12.8 Å². The lowest BCUT2D eigenvalue weighted by Gasteiger charge is -2.28. The quantitative estimate of drug-likeness (QED) is 0.573. The topological polar surface area (TPSA) is 92.4 Å². The lowest BCUT2D eigenvalue weighted by molar-refractivity contribution is -0.148. The molecule has 1 unspecified atom stereocenters. The van der Waals surface area contributed by atoms with Crippen molar-refractivity contribution < 1.29 is 14.7 Å². The van der Waals surface area contributed by atoms with Crippen molar-refractivity contribution in [3.8, 4) is 0 Å². The van der Waals surface area contributed by atoms with Gasteiger partial charge < -0.3 is 16.2 Å². The number of amides is 1. The minimum Gasteiger partial charge on any atom is -0.480 e. The molecule has 20 heavy (non-hydrogen) atoms. The number of hydrogen-bond acceptors (Lipinski definition) is 3. The highest BCUT2D eigenvalue weighted by molar-refractivity contribution is 5.86. The number of nitrogens with two attached hydrogens (primary N) is 1. The van der Waals surface area contributed by atoms with Gasteiger partial charge in [-0.25, -0.2) is 4.79 Å². The van der Waals surface area contributed by atoms with Crippen molar-refractivity contribution in [1.82, 2.24) is 5.32 Å². The van der Waals surface area contributed by atoms with Crippen molar-refractivity contribution >= 4 is 11.9 Å². The molecule has 0 bridgehead atoms. The van der Waals surface area contributed by atoms with Gasteiger partial charge in [-0.2, -0.15) is 0 Å². The lowest BCUT2D eigenvalue weighted by atomic mass is 9.87. The van der Waals surface area contributed by atoms with Crippen molar-refractivity contribution in [2.45, 2.75) is 65.3 Å². The Balaban J connectivity index is 4.50. The third-order valence-corrected chi connectivity index (χ3v) is 4.22. The minimum atomic E-state index is -1.13. The van der Waals surface area contributed by atoms with Crippen molar-refractivity contribution in [2.24, 2.45) is 17.6 Å². The van der Waals surface area contributed by atoms with Crippen LogP contribution in [0.4, 0.5) is 0 Å². The summed E-state index contributed by atoms with van der Waals surface area (Å²) in [6.07, 6.45) is 2.79. The maximum atomic E-state index is 12.0. The third-order valence-electron chi connectivity index (χ3n) is 4.22. The molecule has 0 aromatic rings. The van der Waals surface area contributed by atoms with Crippen molar-refractivity contribution in [2.75, 3.05) is 6.54 Å². The van der Waals surface area contributed by atoms with Gasteiger partial charge in [0.2, 0.25) is 5.91 Å². The van der Waals surface area contributed by atoms with E-state index < -0.39 is 11.5 Å². The molecule has 0 saturated heterocycles. The van der Waals surface area contributed by atoms with Crippen molar-refractivity contribution in [1.29, 1.82) is 0 Å². The summed E-state index contributed by atoms with van der Waals surface area (Å²) >= 11 is 0. The molecule has 1 amide bonds. The number of aliphatic carboxylic acids is 1. The van der Waals surface area contributed by atoms with Crippen LogP contribution in [0.15, 0.2) is 0 Å². The molecular formula is C15H30N2O3. The second-order valence-electron chi connectivity index (χ2n) is 5.76. The highest BCUT2D eigenvalue weighted by Crippen LogP contribution is 2.21. The zero-order valence-corrected chi connectivity index (χ0v) is 13.2. The molecule has 0 heterocycles. The molecule has 0 aliphatic carbocycles. The van der Waals surface area contributed by atoms with Crippen LogP contribution in [0.1, 0.15) is 59.8 Å². The van der Waals surface area contributed by atoms with Crippen LogP contribution in [0.5, 0.6) is 0 Å². The molecule has 0 aliphatic rings. The van der Waals surface area contributed by atoms with Gasteiger partial charge in [0.05, 0.1) is 0 Å². The van der Waals surface area contributed by atoms with Gasteiger partial charge in [-0.15, -0.1) is 0 Å². The number of carbonyl (C=O) groups is 2. The predicted molar refractivity (Wildman–Crippen MR) is 80.3 cm³/mol. The van der Waals surface area contributed by atoms with Gasteiger partial charge in [0.15, 0.2) is 0 Å². The number of hydrogen-bond donors (Lipinski definition) is 3. The molecule has 0 aliphatic heterocycles. The van der Waals surface area contributed by atoms with Gasteiger partial charge in [0.1, 0.15) is 5.54 Å². The Kier molecular flexibility index (Phi) is 8.46. The molecule has 1 atom stereocenters. The standard InChI is InChI=1S/C15H30N2O3/c1-5-15(6-2,14(19)20)17-13(18)8-7-12(9-10-16)11(3)4/h11-12H,5-10,16H2,1-4H3,(H,17,18)(H,19,20). The smallest absolute Gasteiger partial charge is 0.329 e. The average Bonchev–Trinajstić information content (AvgIpc) is 2.40. The SMILES string of the molecule is CCC(CC)(NC(=O)CCC(CCN)C(C)C)C(=O)O. The molecule has 118 valence electrons. The van der Waals surface area contributed by atoms with E-state index in [-0.39, 0.29) is 5.91 Å². The molecular weight excluding hydrogens is 256 g/mol. The van der Waals surface area contributed by atoms with Crippen molar-refractivity contribution in [3.05, 3.63) is 0 Å². The minimum absolute atomic E-state index is 0.182. The summed E-state index contributed by atoms with van der Waals surface area (Å²) in [6, 6.07) is 0. The summed E-state index contributed by atoms with van der Waals surface area (Å²) in [5.74, 6) is -0.252. The van der Waals surface area contributed by atoms with E-state index in [1.807, 2.05) is 0 Å². The zero-order chi connectivity index (χ0) is 15.8. The van der Waals surface area contributed by atoms with Gasteiger partial charge in [-0.05, 0) is 44.1 Å². The highest BCUT2D eigenvalue weighted by Gasteiger charge is 2.36. The van der Waals surface area contributed by atoms with Crippen LogP contribution in [-0.4, -0.2) is 29.1 Å². The summed E-state index contributed by atoms with van der Waals surface area (Å²) in [7, 11) is 0. The zero-order valence-electron chi connectivity index (χ0n) is 13.2. The van der Waals surface area contributed by atoms with E-state index in [1.54, 1.807) is 13.8 Å². The number of carbonyl (C=O) groups excluding carboxylic acids is 1. The van der Waals surface area contributed by atoms with E-state index in [4.69, 9.17) is 5.73 Å². The van der Waals surface area contributed by atoms with E-state index in [9.17, 15) is 14.7 Å². The molecule has 0 aromatic carbocycles. The molecule has 0 fully saturated rings. The fourth-order valence-electron chi connectivity index (χ4n) is 2.45. The Hall–Kier alpha value is -1.10. The van der Waals surface area contributed by atoms with E-state index in [1.165, 1.54) is 0 Å². The molecule has 0 saturated carbocycles. The first kappa shape index (κ1) is 18.9. The van der Waals surface area contributed by atoms with Crippen LogP contribution in [-0.2, 0) is 9.59 Å².